The van der Waals surface area contributed by atoms with Crippen LogP contribution in [-0.4, -0.2) is 27.8 Å². The summed E-state index contributed by atoms with van der Waals surface area (Å²) in [5.74, 6) is -0.710. The number of anilines is 1. The third kappa shape index (κ3) is 3.05. The molecule has 0 aliphatic carbocycles. The molecule has 0 spiro atoms. The van der Waals surface area contributed by atoms with Crippen LogP contribution in [0, 0.1) is 17.1 Å². The number of hydrogen-bond acceptors (Lipinski definition) is 4. The van der Waals surface area contributed by atoms with E-state index in [1.54, 1.807) is 22.8 Å². The highest BCUT2D eigenvalue weighted by Gasteiger charge is 2.34. The number of pyridine rings is 1. The average molecular weight is 365 g/mol. The van der Waals surface area contributed by atoms with Gasteiger partial charge in [0.25, 0.3) is 5.91 Å². The van der Waals surface area contributed by atoms with Crippen molar-refractivity contribution < 1.29 is 9.18 Å². The van der Waals surface area contributed by atoms with Crippen LogP contribution >= 0.6 is 0 Å². The molecule has 1 fully saturated rings. The Bertz CT molecular complexity index is 1040. The number of carbonyl (C=O) groups is 1. The number of carbonyl (C=O) groups excluding carboxylic acids is 1. The second kappa shape index (κ2) is 6.50. The minimum absolute atomic E-state index is 0.0478. The number of rotatable bonds is 4. The number of nitrogens with zero attached hydrogens (tertiary/aromatic N) is 3. The van der Waals surface area contributed by atoms with Crippen LogP contribution in [0.25, 0.3) is 5.52 Å². The van der Waals surface area contributed by atoms with E-state index in [-0.39, 0.29) is 17.8 Å². The van der Waals surface area contributed by atoms with Crippen molar-refractivity contribution in [2.75, 3.05) is 11.4 Å². The molecule has 27 heavy (non-hydrogen) atoms. The van der Waals surface area contributed by atoms with Gasteiger partial charge in [0.05, 0.1) is 23.3 Å². The van der Waals surface area contributed by atoms with E-state index in [1.165, 1.54) is 12.3 Å². The van der Waals surface area contributed by atoms with Crippen molar-refractivity contribution in [1.82, 2.24) is 9.61 Å². The minimum atomic E-state index is -0.529. The number of amides is 1. The van der Waals surface area contributed by atoms with Gasteiger partial charge in [-0.15, -0.1) is 0 Å². The van der Waals surface area contributed by atoms with Crippen LogP contribution in [0.3, 0.4) is 0 Å². The predicted molar refractivity (Wildman–Crippen MR) is 102 cm³/mol. The fourth-order valence-corrected chi connectivity index (χ4v) is 3.80. The number of nitrogens with two attached hydrogens (primary N) is 1. The summed E-state index contributed by atoms with van der Waals surface area (Å²) in [5, 5.41) is 12.2. The lowest BCUT2D eigenvalue weighted by Crippen LogP contribution is -2.24. The number of hydrogen-bond donors (Lipinski definition) is 2. The highest BCUT2D eigenvalue weighted by atomic mass is 19.1. The molecule has 4 rings (SSSR count). The topological polar surface area (TPSA) is 87.5 Å². The van der Waals surface area contributed by atoms with E-state index in [0.29, 0.717) is 23.3 Å². The Morgan fingerprint density at radius 3 is 2.85 bits per heavy atom. The Morgan fingerprint density at radius 2 is 2.15 bits per heavy atom. The zero-order valence-corrected chi connectivity index (χ0v) is 14.9. The lowest BCUT2D eigenvalue weighted by molar-refractivity contribution is 0.100. The van der Waals surface area contributed by atoms with Crippen LogP contribution in [0.4, 0.5) is 10.1 Å². The quantitative estimate of drug-likeness (QED) is 0.696. The van der Waals surface area contributed by atoms with E-state index in [4.69, 9.17) is 11.1 Å². The van der Waals surface area contributed by atoms with Crippen LogP contribution in [0.15, 0.2) is 48.8 Å². The molecule has 138 valence electrons. The number of fused-ring (bicyclic) bond motifs is 1. The number of primary amides is 1. The zero-order valence-electron chi connectivity index (χ0n) is 14.9. The Balaban J connectivity index is 1.79. The van der Waals surface area contributed by atoms with Crippen LogP contribution in [0.2, 0.25) is 0 Å². The molecule has 2 atom stereocenters. The van der Waals surface area contributed by atoms with Crippen LogP contribution < -0.4 is 10.6 Å². The highest BCUT2D eigenvalue weighted by Crippen LogP contribution is 2.40. The largest absolute Gasteiger partial charge is 0.365 e. The molecular weight excluding hydrogens is 345 g/mol. The first-order chi connectivity index (χ1) is 12.9. The molecule has 3 aromatic rings. The first-order valence-corrected chi connectivity index (χ1v) is 8.78. The van der Waals surface area contributed by atoms with E-state index in [2.05, 4.69) is 10.00 Å². The Morgan fingerprint density at radius 1 is 1.33 bits per heavy atom. The van der Waals surface area contributed by atoms with Crippen LogP contribution in [0.1, 0.15) is 35.3 Å². The Kier molecular flexibility index (Phi) is 4.14. The maximum atomic E-state index is 13.8. The summed E-state index contributed by atoms with van der Waals surface area (Å²) in [5.41, 5.74) is 8.82. The lowest BCUT2D eigenvalue weighted by Gasteiger charge is -2.27. The molecule has 3 heterocycles. The SMILES string of the molecule is CC(=N)C1CC(c2cccc(F)c2)N(c2ccn3ncc(C(N)=O)c3c2)C1. The molecule has 1 aromatic carbocycles. The number of aromatic nitrogens is 2. The van der Waals surface area contributed by atoms with Gasteiger partial charge in [-0.3, -0.25) is 4.79 Å². The van der Waals surface area contributed by atoms with Gasteiger partial charge in [-0.2, -0.15) is 5.10 Å². The summed E-state index contributed by atoms with van der Waals surface area (Å²) in [7, 11) is 0. The molecular formula is C20H20FN5O. The molecule has 7 heteroatoms. The minimum Gasteiger partial charge on any atom is -0.365 e. The average Bonchev–Trinajstić information content (AvgIpc) is 3.25. The van der Waals surface area contributed by atoms with Crippen LogP contribution in [-0.2, 0) is 0 Å². The molecule has 0 bridgehead atoms. The summed E-state index contributed by atoms with van der Waals surface area (Å²) < 4.78 is 15.4. The molecule has 2 unspecified atom stereocenters. The van der Waals surface area contributed by atoms with Gasteiger partial charge in [-0.25, -0.2) is 8.91 Å². The summed E-state index contributed by atoms with van der Waals surface area (Å²) in [6.07, 6.45) is 3.98. The third-order valence-electron chi connectivity index (χ3n) is 5.25. The molecule has 1 aliphatic rings. The number of halogens is 1. The summed E-state index contributed by atoms with van der Waals surface area (Å²) in [6.45, 7) is 2.47. The normalized spacial score (nSPS) is 19.6. The maximum absolute atomic E-state index is 13.8. The molecule has 6 nitrogen and oxygen atoms in total. The van der Waals surface area contributed by atoms with E-state index in [0.717, 1.165) is 17.7 Å². The molecule has 0 radical (unpaired) electrons. The zero-order chi connectivity index (χ0) is 19.1. The maximum Gasteiger partial charge on any atom is 0.252 e. The monoisotopic (exact) mass is 365 g/mol. The van der Waals surface area contributed by atoms with Gasteiger partial charge in [0.1, 0.15) is 5.82 Å². The lowest BCUT2D eigenvalue weighted by atomic mass is 9.97. The number of benzene rings is 1. The van der Waals surface area contributed by atoms with E-state index < -0.39 is 5.91 Å². The van der Waals surface area contributed by atoms with Crippen molar-refractivity contribution in [2.24, 2.45) is 11.7 Å². The summed E-state index contributed by atoms with van der Waals surface area (Å²) >= 11 is 0. The Labute approximate surface area is 155 Å². The van der Waals surface area contributed by atoms with Crippen molar-refractivity contribution in [3.05, 3.63) is 65.7 Å². The van der Waals surface area contributed by atoms with E-state index in [9.17, 15) is 9.18 Å². The second-order valence-corrected chi connectivity index (χ2v) is 6.98. The first kappa shape index (κ1) is 17.2. The number of nitrogens with one attached hydrogen (secondary N) is 1. The predicted octanol–water partition coefficient (Wildman–Crippen LogP) is 3.18. The molecule has 2 aromatic heterocycles. The van der Waals surface area contributed by atoms with E-state index in [1.807, 2.05) is 25.1 Å². The molecule has 1 amide bonds. The smallest absolute Gasteiger partial charge is 0.252 e. The molecule has 0 saturated carbocycles. The highest BCUT2D eigenvalue weighted by molar-refractivity contribution is 6.00. The Hall–Kier alpha value is -3.22. The van der Waals surface area contributed by atoms with Gasteiger partial charge in [0.15, 0.2) is 0 Å². The van der Waals surface area contributed by atoms with Gasteiger partial charge < -0.3 is 16.0 Å². The van der Waals surface area contributed by atoms with Crippen LogP contribution in [0.5, 0.6) is 0 Å². The van der Waals surface area contributed by atoms with E-state index >= 15 is 0 Å². The summed E-state index contributed by atoms with van der Waals surface area (Å²) in [6, 6.07) is 10.3. The second-order valence-electron chi connectivity index (χ2n) is 6.98. The fraction of sp³-hybridized carbons (Fsp3) is 0.250. The van der Waals surface area contributed by atoms with Crippen molar-refractivity contribution >= 4 is 22.8 Å². The van der Waals surface area contributed by atoms with Gasteiger partial charge in [0.2, 0.25) is 0 Å². The van der Waals surface area contributed by atoms with Crippen molar-refractivity contribution in [2.45, 2.75) is 19.4 Å². The molecule has 1 aliphatic heterocycles. The van der Waals surface area contributed by atoms with Crippen molar-refractivity contribution in [1.29, 1.82) is 5.41 Å². The fourth-order valence-electron chi connectivity index (χ4n) is 3.80. The van der Waals surface area contributed by atoms with Gasteiger partial charge >= 0.3 is 0 Å². The van der Waals surface area contributed by atoms with Crippen molar-refractivity contribution in [3.63, 3.8) is 0 Å². The van der Waals surface area contributed by atoms with Gasteiger partial charge in [-0.05, 0) is 43.2 Å². The van der Waals surface area contributed by atoms with Gasteiger partial charge in [-0.1, -0.05) is 12.1 Å². The molecule has 3 N–H and O–H groups in total. The summed E-state index contributed by atoms with van der Waals surface area (Å²) in [4.78, 5) is 13.8. The third-order valence-corrected chi connectivity index (χ3v) is 5.25. The molecule has 1 saturated heterocycles. The first-order valence-electron chi connectivity index (χ1n) is 8.78. The van der Waals surface area contributed by atoms with Gasteiger partial charge in [0, 0.05) is 30.1 Å². The van der Waals surface area contributed by atoms with Crippen molar-refractivity contribution in [3.8, 4) is 0 Å². The standard InChI is InChI=1S/C20H20FN5O/c1-12(22)14-8-18(13-3-2-4-15(21)7-13)25(11-14)16-5-6-26-19(9-16)17(10-24-26)20(23)27/h2-7,9-10,14,18,22H,8,11H2,1H3,(H2,23,27).